The van der Waals surface area contributed by atoms with Gasteiger partial charge in [-0.2, -0.15) is 0 Å². The van der Waals surface area contributed by atoms with Gasteiger partial charge in [-0.05, 0) is 50.1 Å². The number of carbonyl (C=O) groups excluding carboxylic acids is 2. The second-order valence-electron chi connectivity index (χ2n) is 7.35. The highest BCUT2D eigenvalue weighted by atomic mass is 35.5. The topological polar surface area (TPSA) is 120 Å². The van der Waals surface area contributed by atoms with E-state index in [1.54, 1.807) is 30.3 Å². The number of nitrogens with zero attached hydrogens (tertiary/aromatic N) is 4. The van der Waals surface area contributed by atoms with Crippen molar-refractivity contribution in [2.75, 3.05) is 19.8 Å². The van der Waals surface area contributed by atoms with Gasteiger partial charge in [0.1, 0.15) is 35.6 Å². The van der Waals surface area contributed by atoms with Crippen LogP contribution in [-0.2, 0) is 0 Å². The number of hydrogen-bond donors (Lipinski definition) is 2. The summed E-state index contributed by atoms with van der Waals surface area (Å²) in [6.45, 7) is 2.78. The number of pyridine rings is 1. The second kappa shape index (κ2) is 10.3. The quantitative estimate of drug-likeness (QED) is 0.345. The molecule has 1 saturated carbocycles. The molecule has 4 rings (SSSR count). The van der Waals surface area contributed by atoms with E-state index in [0.717, 1.165) is 12.8 Å². The maximum Gasteiger partial charge on any atom is 0.273 e. The molecular formula is C22H23ClN6O4. The normalized spacial score (nSPS) is 12.8. The smallest absolute Gasteiger partial charge is 0.273 e. The average Bonchev–Trinajstić information content (AvgIpc) is 3.49. The number of ether oxygens (including phenoxy) is 2. The number of amides is 2. The van der Waals surface area contributed by atoms with Gasteiger partial charge < -0.3 is 20.1 Å². The van der Waals surface area contributed by atoms with E-state index in [4.69, 9.17) is 21.1 Å². The van der Waals surface area contributed by atoms with Crippen LogP contribution in [0.3, 0.4) is 0 Å². The number of aromatic nitrogens is 4. The SMILES string of the molecule is CCNC(=O)c1ccc(-n2cc(C(=O)NC3CC3)nn2)c(OCCOc2ccc(Cl)nc2)c1. The third-order valence-corrected chi connectivity index (χ3v) is 4.98. The average molecular weight is 471 g/mol. The minimum absolute atomic E-state index is 0.193. The van der Waals surface area contributed by atoms with Crippen LogP contribution in [0.1, 0.15) is 40.6 Å². The molecule has 1 aliphatic rings. The maximum atomic E-state index is 12.3. The lowest BCUT2D eigenvalue weighted by molar-refractivity contribution is 0.0941. The third kappa shape index (κ3) is 5.98. The fourth-order valence-corrected chi connectivity index (χ4v) is 3.07. The Bertz CT molecular complexity index is 1130. The lowest BCUT2D eigenvalue weighted by atomic mass is 10.1. The minimum Gasteiger partial charge on any atom is -0.488 e. The van der Waals surface area contributed by atoms with Gasteiger partial charge in [0.2, 0.25) is 0 Å². The van der Waals surface area contributed by atoms with Crippen LogP contribution < -0.4 is 20.1 Å². The van der Waals surface area contributed by atoms with Crippen molar-refractivity contribution in [1.29, 1.82) is 0 Å². The second-order valence-corrected chi connectivity index (χ2v) is 7.74. The summed E-state index contributed by atoms with van der Waals surface area (Å²) in [6.07, 6.45) is 5.01. The molecule has 0 aliphatic heterocycles. The number of carbonyl (C=O) groups is 2. The van der Waals surface area contributed by atoms with Crippen LogP contribution in [0.4, 0.5) is 0 Å². The lowest BCUT2D eigenvalue weighted by Crippen LogP contribution is -2.25. The molecule has 1 fully saturated rings. The molecule has 0 radical (unpaired) electrons. The molecule has 0 unspecified atom stereocenters. The Balaban J connectivity index is 1.49. The van der Waals surface area contributed by atoms with Crippen LogP contribution in [-0.4, -0.2) is 57.6 Å². The zero-order valence-corrected chi connectivity index (χ0v) is 18.7. The van der Waals surface area contributed by atoms with E-state index < -0.39 is 0 Å². The number of nitrogens with one attached hydrogen (secondary N) is 2. The molecule has 172 valence electrons. The van der Waals surface area contributed by atoms with Crippen LogP contribution >= 0.6 is 11.6 Å². The standard InChI is InChI=1S/C22H23ClN6O4/c1-2-24-21(30)14-3-7-18(29-13-17(27-28-29)22(31)26-15-4-5-15)19(11-14)33-10-9-32-16-6-8-20(23)25-12-16/h3,6-8,11-13,15H,2,4-5,9-10H2,1H3,(H,24,30)(H,26,31). The van der Waals surface area contributed by atoms with Crippen LogP contribution in [0.2, 0.25) is 5.15 Å². The molecule has 0 spiro atoms. The summed E-state index contributed by atoms with van der Waals surface area (Å²) in [5, 5.41) is 14.1. The molecule has 2 N–H and O–H groups in total. The first kappa shape index (κ1) is 22.5. The van der Waals surface area contributed by atoms with Gasteiger partial charge in [0.05, 0.1) is 12.4 Å². The molecule has 2 aromatic heterocycles. The Kier molecular flexibility index (Phi) is 7.04. The molecule has 2 amide bonds. The molecule has 2 heterocycles. The van der Waals surface area contributed by atoms with E-state index in [0.29, 0.717) is 34.4 Å². The molecule has 1 aromatic carbocycles. The van der Waals surface area contributed by atoms with E-state index in [-0.39, 0.29) is 36.8 Å². The summed E-state index contributed by atoms with van der Waals surface area (Å²) in [5.74, 6) is 0.466. The third-order valence-electron chi connectivity index (χ3n) is 4.75. The first-order valence-electron chi connectivity index (χ1n) is 10.6. The first-order valence-corrected chi connectivity index (χ1v) is 10.9. The highest BCUT2D eigenvalue weighted by Gasteiger charge is 2.25. The van der Waals surface area contributed by atoms with Gasteiger partial charge in [-0.15, -0.1) is 5.10 Å². The summed E-state index contributed by atoms with van der Waals surface area (Å²) >= 11 is 5.78. The molecule has 3 aromatic rings. The van der Waals surface area contributed by atoms with Crippen LogP contribution in [0.15, 0.2) is 42.7 Å². The highest BCUT2D eigenvalue weighted by molar-refractivity contribution is 6.29. The lowest BCUT2D eigenvalue weighted by Gasteiger charge is -2.13. The van der Waals surface area contributed by atoms with Crippen molar-refractivity contribution < 1.29 is 19.1 Å². The van der Waals surface area contributed by atoms with Crippen molar-refractivity contribution in [3.05, 3.63) is 59.1 Å². The Morgan fingerprint density at radius 1 is 1.15 bits per heavy atom. The predicted molar refractivity (Wildman–Crippen MR) is 120 cm³/mol. The predicted octanol–water partition coefficient (Wildman–Crippen LogP) is 2.42. The molecule has 11 heteroatoms. The van der Waals surface area contributed by atoms with Gasteiger partial charge in [-0.3, -0.25) is 9.59 Å². The summed E-state index contributed by atoms with van der Waals surface area (Å²) in [4.78, 5) is 28.5. The Morgan fingerprint density at radius 2 is 1.97 bits per heavy atom. The molecule has 0 saturated heterocycles. The molecule has 1 aliphatic carbocycles. The van der Waals surface area contributed by atoms with Gasteiger partial charge >= 0.3 is 0 Å². The van der Waals surface area contributed by atoms with Crippen molar-refractivity contribution in [2.24, 2.45) is 0 Å². The van der Waals surface area contributed by atoms with E-state index in [1.807, 2.05) is 6.92 Å². The summed E-state index contributed by atoms with van der Waals surface area (Å²) in [5.41, 5.74) is 1.18. The van der Waals surface area contributed by atoms with E-state index >= 15 is 0 Å². The zero-order valence-electron chi connectivity index (χ0n) is 18.0. The largest absolute Gasteiger partial charge is 0.488 e. The molecule has 0 bridgehead atoms. The molecule has 33 heavy (non-hydrogen) atoms. The highest BCUT2D eigenvalue weighted by Crippen LogP contribution is 2.25. The van der Waals surface area contributed by atoms with Gasteiger partial charge in [0, 0.05) is 18.2 Å². The summed E-state index contributed by atoms with van der Waals surface area (Å²) < 4.78 is 13.0. The van der Waals surface area contributed by atoms with Crippen LogP contribution in [0, 0.1) is 0 Å². The van der Waals surface area contributed by atoms with Crippen molar-refractivity contribution in [3.8, 4) is 17.2 Å². The fraction of sp³-hybridized carbons (Fsp3) is 0.318. The van der Waals surface area contributed by atoms with E-state index in [2.05, 4.69) is 25.9 Å². The molecule has 10 nitrogen and oxygen atoms in total. The van der Waals surface area contributed by atoms with Crippen LogP contribution in [0.5, 0.6) is 11.5 Å². The summed E-state index contributed by atoms with van der Waals surface area (Å²) in [6, 6.07) is 8.53. The monoisotopic (exact) mass is 470 g/mol. The van der Waals surface area contributed by atoms with Crippen molar-refractivity contribution >= 4 is 23.4 Å². The minimum atomic E-state index is -0.268. The molecule has 0 atom stereocenters. The number of hydrogen-bond acceptors (Lipinski definition) is 7. The fourth-order valence-electron chi connectivity index (χ4n) is 2.95. The van der Waals surface area contributed by atoms with Crippen molar-refractivity contribution in [2.45, 2.75) is 25.8 Å². The maximum absolute atomic E-state index is 12.3. The van der Waals surface area contributed by atoms with E-state index in [1.165, 1.54) is 17.1 Å². The Morgan fingerprint density at radius 3 is 2.70 bits per heavy atom. The van der Waals surface area contributed by atoms with Crippen LogP contribution in [0.25, 0.3) is 5.69 Å². The van der Waals surface area contributed by atoms with Crippen molar-refractivity contribution in [1.82, 2.24) is 30.6 Å². The van der Waals surface area contributed by atoms with Gasteiger partial charge in [-0.1, -0.05) is 16.8 Å². The van der Waals surface area contributed by atoms with Gasteiger partial charge in [-0.25, -0.2) is 9.67 Å². The Hall–Kier alpha value is -3.66. The number of benzene rings is 1. The number of halogens is 1. The molecular weight excluding hydrogens is 448 g/mol. The van der Waals surface area contributed by atoms with Gasteiger partial charge in [0.15, 0.2) is 5.69 Å². The first-order chi connectivity index (χ1) is 16.0. The number of rotatable bonds is 10. The van der Waals surface area contributed by atoms with Gasteiger partial charge in [0.25, 0.3) is 11.8 Å². The van der Waals surface area contributed by atoms with Crippen molar-refractivity contribution in [3.63, 3.8) is 0 Å². The summed E-state index contributed by atoms with van der Waals surface area (Å²) in [7, 11) is 0. The Labute approximate surface area is 195 Å². The zero-order chi connectivity index (χ0) is 23.2. The van der Waals surface area contributed by atoms with E-state index in [9.17, 15) is 9.59 Å².